The van der Waals surface area contributed by atoms with Crippen molar-refractivity contribution in [2.24, 2.45) is 11.8 Å². The molecule has 0 bridgehead atoms. The van der Waals surface area contributed by atoms with Gasteiger partial charge < -0.3 is 0 Å². The minimum atomic E-state index is 0.128. The Labute approximate surface area is 120 Å². The lowest BCUT2D eigenvalue weighted by molar-refractivity contribution is -0.112. The molecule has 0 heterocycles. The van der Waals surface area contributed by atoms with E-state index in [0.717, 1.165) is 23.8 Å². The molecule has 0 saturated carbocycles. The van der Waals surface area contributed by atoms with Gasteiger partial charge in [-0.15, -0.1) is 0 Å². The number of rotatable bonds is 10. The van der Waals surface area contributed by atoms with E-state index in [-0.39, 0.29) is 5.78 Å². The van der Waals surface area contributed by atoms with Gasteiger partial charge >= 0.3 is 0 Å². The fraction of sp³-hybridized carbons (Fsp3) is 0.722. The van der Waals surface area contributed by atoms with Crippen molar-refractivity contribution in [1.29, 1.82) is 0 Å². The molecule has 0 aromatic carbocycles. The van der Waals surface area contributed by atoms with E-state index in [2.05, 4.69) is 32.9 Å². The number of hydrogen-bond acceptors (Lipinski definition) is 1. The highest BCUT2D eigenvalue weighted by atomic mass is 16.1. The van der Waals surface area contributed by atoms with E-state index in [1.165, 1.54) is 32.1 Å². The average molecular weight is 264 g/mol. The van der Waals surface area contributed by atoms with Crippen LogP contribution in [0.3, 0.4) is 0 Å². The molecule has 1 heteroatoms. The summed E-state index contributed by atoms with van der Waals surface area (Å²) in [5.74, 6) is 1.79. The van der Waals surface area contributed by atoms with E-state index in [1.807, 2.05) is 6.92 Å². The molecule has 0 aromatic heterocycles. The van der Waals surface area contributed by atoms with Crippen LogP contribution in [0.4, 0.5) is 0 Å². The van der Waals surface area contributed by atoms with E-state index < -0.39 is 0 Å². The predicted molar refractivity (Wildman–Crippen MR) is 85.3 cm³/mol. The van der Waals surface area contributed by atoms with Crippen LogP contribution in [-0.4, -0.2) is 5.78 Å². The third kappa shape index (κ3) is 10.7. The first-order valence-corrected chi connectivity index (χ1v) is 7.84. The van der Waals surface area contributed by atoms with Crippen LogP contribution < -0.4 is 0 Å². The van der Waals surface area contributed by atoms with Crippen molar-refractivity contribution >= 4 is 5.78 Å². The standard InChI is InChI=1S/C18H32O/c1-6-15(3)10-8-12-18(7-2)13-9-11-16(4)14-17(5)19/h9,11,14-15,18H,6-8,10,12-13H2,1-5H3. The highest BCUT2D eigenvalue weighted by Crippen LogP contribution is 2.20. The molecule has 0 aromatic rings. The van der Waals surface area contributed by atoms with Gasteiger partial charge in [0.25, 0.3) is 0 Å². The Morgan fingerprint density at radius 2 is 1.79 bits per heavy atom. The van der Waals surface area contributed by atoms with Crippen LogP contribution >= 0.6 is 0 Å². The lowest BCUT2D eigenvalue weighted by Crippen LogP contribution is -1.99. The fourth-order valence-corrected chi connectivity index (χ4v) is 2.26. The number of carbonyl (C=O) groups excluding carboxylic acids is 1. The minimum absolute atomic E-state index is 0.128. The molecule has 0 fully saturated rings. The molecular weight excluding hydrogens is 232 g/mol. The van der Waals surface area contributed by atoms with Crippen LogP contribution in [0, 0.1) is 11.8 Å². The topological polar surface area (TPSA) is 17.1 Å². The second kappa shape index (κ2) is 11.0. The van der Waals surface area contributed by atoms with E-state index in [9.17, 15) is 4.79 Å². The maximum Gasteiger partial charge on any atom is 0.152 e. The van der Waals surface area contributed by atoms with Crippen molar-refractivity contribution in [1.82, 2.24) is 0 Å². The summed E-state index contributed by atoms with van der Waals surface area (Å²) in [6.07, 6.45) is 13.7. The number of ketones is 1. The summed E-state index contributed by atoms with van der Waals surface area (Å²) in [4.78, 5) is 10.9. The Hall–Kier alpha value is -0.850. The summed E-state index contributed by atoms with van der Waals surface area (Å²) in [5.41, 5.74) is 1.06. The fourth-order valence-electron chi connectivity index (χ4n) is 2.26. The Morgan fingerprint density at radius 1 is 1.11 bits per heavy atom. The Kier molecular flexibility index (Phi) is 10.5. The number of carbonyl (C=O) groups is 1. The molecule has 110 valence electrons. The smallest absolute Gasteiger partial charge is 0.152 e. The van der Waals surface area contributed by atoms with Gasteiger partial charge in [-0.2, -0.15) is 0 Å². The van der Waals surface area contributed by atoms with Gasteiger partial charge in [0.2, 0.25) is 0 Å². The molecule has 0 N–H and O–H groups in total. The first kappa shape index (κ1) is 18.1. The Bertz CT molecular complexity index is 299. The zero-order valence-corrected chi connectivity index (χ0v) is 13.5. The summed E-state index contributed by atoms with van der Waals surface area (Å²) in [6, 6.07) is 0. The number of hydrogen-bond donors (Lipinski definition) is 0. The van der Waals surface area contributed by atoms with Gasteiger partial charge in [-0.25, -0.2) is 0 Å². The van der Waals surface area contributed by atoms with Crippen molar-refractivity contribution in [3.8, 4) is 0 Å². The molecule has 19 heavy (non-hydrogen) atoms. The zero-order chi connectivity index (χ0) is 14.7. The minimum Gasteiger partial charge on any atom is -0.295 e. The molecule has 0 radical (unpaired) electrons. The molecule has 2 atom stereocenters. The summed E-state index contributed by atoms with van der Waals surface area (Å²) in [6.45, 7) is 10.5. The summed E-state index contributed by atoms with van der Waals surface area (Å²) < 4.78 is 0. The Morgan fingerprint density at radius 3 is 2.32 bits per heavy atom. The molecular formula is C18H32O. The van der Waals surface area contributed by atoms with Crippen molar-refractivity contribution < 1.29 is 4.79 Å². The SMILES string of the molecule is CCC(C)CCCC(CC)CC=CC(C)=CC(C)=O. The van der Waals surface area contributed by atoms with Gasteiger partial charge in [-0.3, -0.25) is 4.79 Å². The zero-order valence-electron chi connectivity index (χ0n) is 13.5. The highest BCUT2D eigenvalue weighted by Gasteiger charge is 2.05. The van der Waals surface area contributed by atoms with Crippen molar-refractivity contribution in [3.63, 3.8) is 0 Å². The van der Waals surface area contributed by atoms with Crippen molar-refractivity contribution in [2.45, 2.75) is 73.1 Å². The van der Waals surface area contributed by atoms with Crippen LogP contribution in [0.15, 0.2) is 23.8 Å². The summed E-state index contributed by atoms with van der Waals surface area (Å²) in [5, 5.41) is 0. The van der Waals surface area contributed by atoms with Crippen LogP contribution in [0.5, 0.6) is 0 Å². The molecule has 0 amide bonds. The molecule has 0 rings (SSSR count). The van der Waals surface area contributed by atoms with Crippen molar-refractivity contribution in [2.75, 3.05) is 0 Å². The second-order valence-corrected chi connectivity index (χ2v) is 5.86. The lowest BCUT2D eigenvalue weighted by atomic mass is 9.92. The summed E-state index contributed by atoms with van der Waals surface area (Å²) >= 11 is 0. The van der Waals surface area contributed by atoms with Gasteiger partial charge in [0, 0.05) is 0 Å². The third-order valence-electron chi connectivity index (χ3n) is 3.86. The van der Waals surface area contributed by atoms with Crippen LogP contribution in [0.25, 0.3) is 0 Å². The molecule has 0 spiro atoms. The van der Waals surface area contributed by atoms with Crippen LogP contribution in [0.2, 0.25) is 0 Å². The third-order valence-corrected chi connectivity index (χ3v) is 3.86. The Balaban J connectivity index is 3.99. The van der Waals surface area contributed by atoms with E-state index in [0.29, 0.717) is 0 Å². The summed E-state index contributed by atoms with van der Waals surface area (Å²) in [7, 11) is 0. The van der Waals surface area contributed by atoms with Gasteiger partial charge in [-0.05, 0) is 43.8 Å². The molecule has 2 unspecified atom stereocenters. The predicted octanol–water partition coefficient (Wildman–Crippen LogP) is 5.71. The van der Waals surface area contributed by atoms with E-state index in [1.54, 1.807) is 13.0 Å². The molecule has 0 aliphatic carbocycles. The molecule has 0 saturated heterocycles. The average Bonchev–Trinajstić information content (AvgIpc) is 2.35. The second-order valence-electron chi connectivity index (χ2n) is 5.86. The van der Waals surface area contributed by atoms with Gasteiger partial charge in [-0.1, -0.05) is 65.0 Å². The molecule has 0 aliphatic rings. The first-order valence-electron chi connectivity index (χ1n) is 7.84. The maximum absolute atomic E-state index is 10.9. The lowest BCUT2D eigenvalue weighted by Gasteiger charge is -2.14. The van der Waals surface area contributed by atoms with Gasteiger partial charge in [0.1, 0.15) is 0 Å². The van der Waals surface area contributed by atoms with Gasteiger partial charge in [0.05, 0.1) is 0 Å². The van der Waals surface area contributed by atoms with Crippen LogP contribution in [0.1, 0.15) is 73.1 Å². The monoisotopic (exact) mass is 264 g/mol. The first-order chi connectivity index (χ1) is 8.99. The van der Waals surface area contributed by atoms with Crippen molar-refractivity contribution in [3.05, 3.63) is 23.8 Å². The van der Waals surface area contributed by atoms with E-state index in [4.69, 9.17) is 0 Å². The van der Waals surface area contributed by atoms with Gasteiger partial charge in [0.15, 0.2) is 5.78 Å². The molecule has 1 nitrogen and oxygen atoms in total. The van der Waals surface area contributed by atoms with E-state index >= 15 is 0 Å². The quantitative estimate of drug-likeness (QED) is 0.365. The maximum atomic E-state index is 10.9. The highest BCUT2D eigenvalue weighted by molar-refractivity contribution is 5.88. The van der Waals surface area contributed by atoms with Crippen LogP contribution in [-0.2, 0) is 4.79 Å². The normalized spacial score (nSPS) is 15.7. The molecule has 0 aliphatic heterocycles. The number of allylic oxidation sites excluding steroid dienone is 4. The largest absolute Gasteiger partial charge is 0.295 e.